The van der Waals surface area contributed by atoms with Crippen LogP contribution >= 0.6 is 0 Å². The Bertz CT molecular complexity index is 723. The van der Waals surface area contributed by atoms with E-state index in [4.69, 9.17) is 10.5 Å². The van der Waals surface area contributed by atoms with Gasteiger partial charge in [-0.1, -0.05) is 6.07 Å². The predicted molar refractivity (Wildman–Crippen MR) is 83.9 cm³/mol. The van der Waals surface area contributed by atoms with Crippen molar-refractivity contribution in [3.63, 3.8) is 0 Å². The van der Waals surface area contributed by atoms with E-state index >= 15 is 0 Å². The standard InChI is InChI=1S/C17H18N2O2/c1-10-3-5-14(18)11(2)16(10)19-17(20)13-4-6-15-12(9-13)7-8-21-15/h3-6,9H,7-8,18H2,1-2H3,(H,19,20). The summed E-state index contributed by atoms with van der Waals surface area (Å²) in [5.74, 6) is 0.754. The van der Waals surface area contributed by atoms with Crippen LogP contribution in [0.25, 0.3) is 0 Å². The Hall–Kier alpha value is -2.49. The lowest BCUT2D eigenvalue weighted by molar-refractivity contribution is 0.102. The van der Waals surface area contributed by atoms with Crippen LogP contribution < -0.4 is 15.8 Å². The van der Waals surface area contributed by atoms with E-state index in [1.54, 1.807) is 6.07 Å². The van der Waals surface area contributed by atoms with E-state index in [-0.39, 0.29) is 5.91 Å². The van der Waals surface area contributed by atoms with Gasteiger partial charge in [0.1, 0.15) is 5.75 Å². The lowest BCUT2D eigenvalue weighted by Crippen LogP contribution is -2.14. The zero-order valence-corrected chi connectivity index (χ0v) is 12.2. The minimum Gasteiger partial charge on any atom is -0.493 e. The molecule has 0 unspecified atom stereocenters. The van der Waals surface area contributed by atoms with Gasteiger partial charge < -0.3 is 15.8 Å². The first kappa shape index (κ1) is 13.5. The number of carbonyl (C=O) groups excluding carboxylic acids is 1. The number of anilines is 2. The molecule has 1 amide bonds. The van der Waals surface area contributed by atoms with Crippen LogP contribution in [0.5, 0.6) is 5.75 Å². The van der Waals surface area contributed by atoms with Crippen molar-refractivity contribution in [3.8, 4) is 5.75 Å². The Labute approximate surface area is 123 Å². The molecule has 2 aromatic rings. The molecule has 3 N–H and O–H groups in total. The third kappa shape index (κ3) is 2.44. The number of fused-ring (bicyclic) bond motifs is 1. The normalized spacial score (nSPS) is 12.7. The summed E-state index contributed by atoms with van der Waals surface area (Å²) in [6.45, 7) is 4.56. The summed E-state index contributed by atoms with van der Waals surface area (Å²) in [6.07, 6.45) is 0.854. The number of amides is 1. The zero-order chi connectivity index (χ0) is 15.0. The van der Waals surface area contributed by atoms with E-state index in [9.17, 15) is 4.79 Å². The second kappa shape index (κ2) is 5.13. The van der Waals surface area contributed by atoms with Crippen molar-refractivity contribution in [1.29, 1.82) is 0 Å². The number of rotatable bonds is 2. The highest BCUT2D eigenvalue weighted by atomic mass is 16.5. The maximum atomic E-state index is 12.4. The van der Waals surface area contributed by atoms with Crippen LogP contribution in [-0.4, -0.2) is 12.5 Å². The molecule has 0 aromatic heterocycles. The average molecular weight is 282 g/mol. The van der Waals surface area contributed by atoms with Gasteiger partial charge in [-0.3, -0.25) is 4.79 Å². The molecular formula is C17H18N2O2. The summed E-state index contributed by atoms with van der Waals surface area (Å²) in [7, 11) is 0. The van der Waals surface area contributed by atoms with E-state index in [0.717, 1.165) is 34.5 Å². The summed E-state index contributed by atoms with van der Waals surface area (Å²) in [4.78, 5) is 12.4. The van der Waals surface area contributed by atoms with Crippen molar-refractivity contribution < 1.29 is 9.53 Å². The summed E-state index contributed by atoms with van der Waals surface area (Å²) in [6, 6.07) is 9.31. The fourth-order valence-corrected chi connectivity index (χ4v) is 2.57. The van der Waals surface area contributed by atoms with E-state index in [1.807, 2.05) is 38.1 Å². The maximum absolute atomic E-state index is 12.4. The van der Waals surface area contributed by atoms with Crippen LogP contribution in [0.15, 0.2) is 30.3 Å². The number of nitrogen functional groups attached to an aromatic ring is 1. The Kier molecular flexibility index (Phi) is 3.29. The largest absolute Gasteiger partial charge is 0.493 e. The minimum absolute atomic E-state index is 0.124. The van der Waals surface area contributed by atoms with Crippen LogP contribution in [0.4, 0.5) is 11.4 Å². The van der Waals surface area contributed by atoms with Gasteiger partial charge in [-0.25, -0.2) is 0 Å². The lowest BCUT2D eigenvalue weighted by Gasteiger charge is -2.13. The molecule has 1 aliphatic heterocycles. The first-order valence-corrected chi connectivity index (χ1v) is 6.99. The second-order valence-electron chi connectivity index (χ2n) is 5.35. The minimum atomic E-state index is -0.124. The van der Waals surface area contributed by atoms with Crippen molar-refractivity contribution in [2.45, 2.75) is 20.3 Å². The molecule has 0 fully saturated rings. The molecule has 1 heterocycles. The average Bonchev–Trinajstić information content (AvgIpc) is 2.94. The summed E-state index contributed by atoms with van der Waals surface area (Å²) in [5.41, 5.74) is 11.0. The number of hydrogen-bond donors (Lipinski definition) is 2. The van der Waals surface area contributed by atoms with Crippen LogP contribution in [-0.2, 0) is 6.42 Å². The Morgan fingerprint density at radius 1 is 1.24 bits per heavy atom. The molecule has 0 aliphatic carbocycles. The molecule has 21 heavy (non-hydrogen) atoms. The maximum Gasteiger partial charge on any atom is 0.255 e. The molecule has 0 bridgehead atoms. The van der Waals surface area contributed by atoms with Crippen LogP contribution in [0.1, 0.15) is 27.0 Å². The molecule has 4 heteroatoms. The van der Waals surface area contributed by atoms with Gasteiger partial charge in [0, 0.05) is 23.4 Å². The SMILES string of the molecule is Cc1ccc(N)c(C)c1NC(=O)c1ccc2c(c1)CCO2. The van der Waals surface area contributed by atoms with Crippen LogP contribution in [0.2, 0.25) is 0 Å². The van der Waals surface area contributed by atoms with Gasteiger partial charge in [-0.05, 0) is 54.8 Å². The second-order valence-corrected chi connectivity index (χ2v) is 5.35. The lowest BCUT2D eigenvalue weighted by atomic mass is 10.1. The number of carbonyl (C=O) groups is 1. The number of nitrogens with one attached hydrogen (secondary N) is 1. The molecule has 0 radical (unpaired) electrons. The van der Waals surface area contributed by atoms with Gasteiger partial charge >= 0.3 is 0 Å². The summed E-state index contributed by atoms with van der Waals surface area (Å²) in [5, 5.41) is 2.97. The predicted octanol–water partition coefficient (Wildman–Crippen LogP) is 3.07. The van der Waals surface area contributed by atoms with Crippen molar-refractivity contribution in [3.05, 3.63) is 52.6 Å². The molecule has 3 rings (SSSR count). The van der Waals surface area contributed by atoms with Crippen molar-refractivity contribution >= 4 is 17.3 Å². The number of aryl methyl sites for hydroxylation is 1. The van der Waals surface area contributed by atoms with Gasteiger partial charge in [0.15, 0.2) is 0 Å². The number of nitrogens with two attached hydrogens (primary N) is 1. The van der Waals surface area contributed by atoms with E-state index in [2.05, 4.69) is 5.32 Å². The third-order valence-corrected chi connectivity index (χ3v) is 3.91. The highest BCUT2D eigenvalue weighted by molar-refractivity contribution is 6.05. The molecule has 108 valence electrons. The van der Waals surface area contributed by atoms with Crippen molar-refractivity contribution in [1.82, 2.24) is 0 Å². The fraction of sp³-hybridized carbons (Fsp3) is 0.235. The van der Waals surface area contributed by atoms with Gasteiger partial charge in [0.05, 0.1) is 6.61 Å². The molecule has 0 atom stereocenters. The van der Waals surface area contributed by atoms with Crippen LogP contribution in [0, 0.1) is 13.8 Å². The Morgan fingerprint density at radius 3 is 2.86 bits per heavy atom. The molecule has 0 saturated carbocycles. The summed E-state index contributed by atoms with van der Waals surface area (Å²) < 4.78 is 5.46. The first-order chi connectivity index (χ1) is 10.1. The first-order valence-electron chi connectivity index (χ1n) is 6.99. The van der Waals surface area contributed by atoms with Crippen molar-refractivity contribution in [2.75, 3.05) is 17.7 Å². The molecule has 0 spiro atoms. The van der Waals surface area contributed by atoms with Gasteiger partial charge in [0.25, 0.3) is 5.91 Å². The Morgan fingerprint density at radius 2 is 2.05 bits per heavy atom. The van der Waals surface area contributed by atoms with Crippen molar-refractivity contribution in [2.24, 2.45) is 0 Å². The molecule has 2 aromatic carbocycles. The molecule has 1 aliphatic rings. The number of hydrogen-bond acceptors (Lipinski definition) is 3. The van der Waals surface area contributed by atoms with E-state index in [1.165, 1.54) is 0 Å². The van der Waals surface area contributed by atoms with E-state index < -0.39 is 0 Å². The number of ether oxygens (including phenoxy) is 1. The van der Waals surface area contributed by atoms with Crippen LogP contribution in [0.3, 0.4) is 0 Å². The highest BCUT2D eigenvalue weighted by Gasteiger charge is 2.16. The zero-order valence-electron chi connectivity index (χ0n) is 12.2. The monoisotopic (exact) mass is 282 g/mol. The van der Waals surface area contributed by atoms with E-state index in [0.29, 0.717) is 17.9 Å². The highest BCUT2D eigenvalue weighted by Crippen LogP contribution is 2.28. The van der Waals surface area contributed by atoms with Gasteiger partial charge in [0.2, 0.25) is 0 Å². The summed E-state index contributed by atoms with van der Waals surface area (Å²) >= 11 is 0. The molecule has 0 saturated heterocycles. The van der Waals surface area contributed by atoms with Gasteiger partial charge in [-0.15, -0.1) is 0 Å². The Balaban J connectivity index is 1.89. The molecule has 4 nitrogen and oxygen atoms in total. The third-order valence-electron chi connectivity index (χ3n) is 3.91. The molecular weight excluding hydrogens is 264 g/mol. The quantitative estimate of drug-likeness (QED) is 0.832. The number of benzene rings is 2. The topological polar surface area (TPSA) is 64.3 Å². The smallest absolute Gasteiger partial charge is 0.255 e. The van der Waals surface area contributed by atoms with Gasteiger partial charge in [-0.2, -0.15) is 0 Å². The fourth-order valence-electron chi connectivity index (χ4n) is 2.57.